The van der Waals surface area contributed by atoms with Gasteiger partial charge in [-0.1, -0.05) is 18.2 Å². The molecule has 1 aromatic heterocycles. The fraction of sp³-hybridized carbons (Fsp3) is 0.526. The van der Waals surface area contributed by atoms with Gasteiger partial charge in [0, 0.05) is 31.2 Å². The molecule has 1 fully saturated rings. The molecule has 0 spiro atoms. The summed E-state index contributed by atoms with van der Waals surface area (Å²) < 4.78 is 2.26. The number of piperidine rings is 1. The first-order chi connectivity index (χ1) is 11.3. The van der Waals surface area contributed by atoms with Gasteiger partial charge in [0.25, 0.3) is 0 Å². The molecule has 1 aliphatic heterocycles. The Morgan fingerprint density at radius 2 is 2.04 bits per heavy atom. The number of amides is 1. The minimum atomic E-state index is 0.209. The summed E-state index contributed by atoms with van der Waals surface area (Å²) in [5, 5.41) is 7.71. The average Bonchev–Trinajstić information content (AvgIpc) is 3.01. The smallest absolute Gasteiger partial charge is 0.220 e. The van der Waals surface area contributed by atoms with E-state index >= 15 is 0 Å². The van der Waals surface area contributed by atoms with E-state index in [2.05, 4.69) is 51.7 Å². The topological polar surface area (TPSA) is 46.1 Å². The van der Waals surface area contributed by atoms with Crippen molar-refractivity contribution in [1.29, 1.82) is 0 Å². The number of nitrogens with one attached hydrogen (secondary N) is 2. The van der Waals surface area contributed by atoms with Crippen LogP contribution in [0, 0.1) is 5.92 Å². The molecule has 4 heteroatoms. The summed E-state index contributed by atoms with van der Waals surface area (Å²) >= 11 is 0. The minimum Gasteiger partial charge on any atom is -0.356 e. The molecule has 4 nitrogen and oxygen atoms in total. The molecule has 0 saturated carbocycles. The third kappa shape index (κ3) is 4.58. The number of nitrogens with zero attached hydrogens (tertiary/aromatic N) is 1. The van der Waals surface area contributed by atoms with Crippen molar-refractivity contribution in [2.75, 3.05) is 19.6 Å². The zero-order chi connectivity index (χ0) is 15.9. The van der Waals surface area contributed by atoms with Gasteiger partial charge >= 0.3 is 0 Å². The van der Waals surface area contributed by atoms with E-state index < -0.39 is 0 Å². The predicted molar refractivity (Wildman–Crippen MR) is 94.4 cm³/mol. The summed E-state index contributed by atoms with van der Waals surface area (Å²) in [6.07, 6.45) is 7.25. The third-order valence-electron chi connectivity index (χ3n) is 4.82. The second-order valence-corrected chi connectivity index (χ2v) is 6.50. The summed E-state index contributed by atoms with van der Waals surface area (Å²) in [6, 6.07) is 10.6. The molecule has 0 radical (unpaired) electrons. The fourth-order valence-corrected chi connectivity index (χ4v) is 3.41. The lowest BCUT2D eigenvalue weighted by Crippen LogP contribution is -2.29. The third-order valence-corrected chi connectivity index (χ3v) is 4.82. The van der Waals surface area contributed by atoms with Gasteiger partial charge in [0.2, 0.25) is 5.91 Å². The first kappa shape index (κ1) is 16.1. The van der Waals surface area contributed by atoms with Crippen molar-refractivity contribution < 1.29 is 4.79 Å². The van der Waals surface area contributed by atoms with Crippen molar-refractivity contribution in [3.05, 3.63) is 36.5 Å². The van der Waals surface area contributed by atoms with Crippen LogP contribution in [0.2, 0.25) is 0 Å². The van der Waals surface area contributed by atoms with Gasteiger partial charge in [-0.15, -0.1) is 0 Å². The lowest BCUT2D eigenvalue weighted by atomic mass is 9.93. The van der Waals surface area contributed by atoms with Crippen LogP contribution in [-0.4, -0.2) is 30.1 Å². The molecule has 2 aromatic rings. The number of aromatic nitrogens is 1. The van der Waals surface area contributed by atoms with E-state index in [0.29, 0.717) is 6.42 Å². The van der Waals surface area contributed by atoms with Crippen LogP contribution in [0.1, 0.15) is 32.1 Å². The summed E-state index contributed by atoms with van der Waals surface area (Å²) in [5.41, 5.74) is 1.27. The van der Waals surface area contributed by atoms with Gasteiger partial charge < -0.3 is 15.2 Å². The Balaban J connectivity index is 1.34. The first-order valence-electron chi connectivity index (χ1n) is 8.84. The van der Waals surface area contributed by atoms with Crippen LogP contribution in [-0.2, 0) is 11.3 Å². The van der Waals surface area contributed by atoms with Crippen LogP contribution in [0.25, 0.3) is 10.9 Å². The molecule has 124 valence electrons. The normalized spacial score (nSPS) is 15.8. The van der Waals surface area contributed by atoms with Gasteiger partial charge in [-0.3, -0.25) is 4.79 Å². The molecule has 0 unspecified atom stereocenters. The standard InChI is InChI=1S/C19H27N3O/c23-19(7-6-16-8-12-20-13-9-16)21-11-3-14-22-15-10-17-4-1-2-5-18(17)22/h1-2,4-5,10,15-16,20H,3,6-9,11-14H2,(H,21,23). The highest BCUT2D eigenvalue weighted by atomic mass is 16.1. The Labute approximate surface area is 138 Å². The Morgan fingerprint density at radius 1 is 1.22 bits per heavy atom. The summed E-state index contributed by atoms with van der Waals surface area (Å²) in [4.78, 5) is 11.9. The summed E-state index contributed by atoms with van der Waals surface area (Å²) in [6.45, 7) is 3.92. The molecule has 0 bridgehead atoms. The van der Waals surface area contributed by atoms with Crippen molar-refractivity contribution in [1.82, 2.24) is 15.2 Å². The van der Waals surface area contributed by atoms with Crippen molar-refractivity contribution in [2.24, 2.45) is 5.92 Å². The maximum Gasteiger partial charge on any atom is 0.220 e. The van der Waals surface area contributed by atoms with E-state index in [0.717, 1.165) is 44.9 Å². The molecular weight excluding hydrogens is 286 g/mol. The highest BCUT2D eigenvalue weighted by Gasteiger charge is 2.14. The Hall–Kier alpha value is -1.81. The van der Waals surface area contributed by atoms with Gasteiger partial charge in [0.05, 0.1) is 0 Å². The van der Waals surface area contributed by atoms with Crippen LogP contribution in [0.5, 0.6) is 0 Å². The summed E-state index contributed by atoms with van der Waals surface area (Å²) in [5.74, 6) is 0.939. The lowest BCUT2D eigenvalue weighted by molar-refractivity contribution is -0.121. The average molecular weight is 313 g/mol. The number of benzene rings is 1. The van der Waals surface area contributed by atoms with Crippen LogP contribution < -0.4 is 10.6 Å². The van der Waals surface area contributed by atoms with Crippen molar-refractivity contribution in [3.8, 4) is 0 Å². The van der Waals surface area contributed by atoms with Crippen molar-refractivity contribution in [3.63, 3.8) is 0 Å². The van der Waals surface area contributed by atoms with E-state index in [1.807, 2.05) is 0 Å². The minimum absolute atomic E-state index is 0.209. The molecule has 23 heavy (non-hydrogen) atoms. The fourth-order valence-electron chi connectivity index (χ4n) is 3.41. The number of hydrogen-bond acceptors (Lipinski definition) is 2. The van der Waals surface area contributed by atoms with E-state index in [1.54, 1.807) is 0 Å². The van der Waals surface area contributed by atoms with E-state index in [4.69, 9.17) is 0 Å². The molecule has 0 atom stereocenters. The van der Waals surface area contributed by atoms with Gasteiger partial charge in [0.15, 0.2) is 0 Å². The molecule has 2 heterocycles. The molecule has 0 aliphatic carbocycles. The monoisotopic (exact) mass is 313 g/mol. The Kier molecular flexibility index (Phi) is 5.70. The van der Waals surface area contributed by atoms with Crippen LogP contribution in [0.15, 0.2) is 36.5 Å². The lowest BCUT2D eigenvalue weighted by Gasteiger charge is -2.22. The Morgan fingerprint density at radius 3 is 2.91 bits per heavy atom. The molecule has 1 amide bonds. The van der Waals surface area contributed by atoms with E-state index in [9.17, 15) is 4.79 Å². The zero-order valence-electron chi connectivity index (χ0n) is 13.8. The predicted octanol–water partition coefficient (Wildman–Crippen LogP) is 2.93. The molecule has 2 N–H and O–H groups in total. The number of carbonyl (C=O) groups excluding carboxylic acids is 1. The number of fused-ring (bicyclic) bond motifs is 1. The van der Waals surface area contributed by atoms with Crippen molar-refractivity contribution in [2.45, 2.75) is 38.6 Å². The van der Waals surface area contributed by atoms with Gasteiger partial charge in [-0.25, -0.2) is 0 Å². The SMILES string of the molecule is O=C(CCC1CCNCC1)NCCCn1ccc2ccccc21. The Bertz CT molecular complexity index is 628. The van der Waals surface area contributed by atoms with E-state index in [1.165, 1.54) is 23.7 Å². The first-order valence-corrected chi connectivity index (χ1v) is 8.84. The largest absolute Gasteiger partial charge is 0.356 e. The number of para-hydroxylation sites is 1. The molecule has 1 saturated heterocycles. The van der Waals surface area contributed by atoms with Crippen LogP contribution in [0.3, 0.4) is 0 Å². The highest BCUT2D eigenvalue weighted by molar-refractivity contribution is 5.79. The van der Waals surface area contributed by atoms with E-state index in [-0.39, 0.29) is 5.91 Å². The zero-order valence-corrected chi connectivity index (χ0v) is 13.8. The molecule has 3 rings (SSSR count). The van der Waals surface area contributed by atoms with Gasteiger partial charge in [0.1, 0.15) is 0 Å². The van der Waals surface area contributed by atoms with Gasteiger partial charge in [-0.05, 0) is 62.2 Å². The van der Waals surface area contributed by atoms with Crippen LogP contribution in [0.4, 0.5) is 0 Å². The molecular formula is C19H27N3O. The quantitative estimate of drug-likeness (QED) is 0.772. The number of carbonyl (C=O) groups is 1. The summed E-state index contributed by atoms with van der Waals surface area (Å²) in [7, 11) is 0. The molecule has 1 aromatic carbocycles. The van der Waals surface area contributed by atoms with Crippen molar-refractivity contribution >= 4 is 16.8 Å². The second kappa shape index (κ2) is 8.16. The van der Waals surface area contributed by atoms with Crippen LogP contribution >= 0.6 is 0 Å². The number of aryl methyl sites for hydroxylation is 1. The molecule has 1 aliphatic rings. The second-order valence-electron chi connectivity index (χ2n) is 6.50. The maximum atomic E-state index is 11.9. The highest BCUT2D eigenvalue weighted by Crippen LogP contribution is 2.17. The maximum absolute atomic E-state index is 11.9. The van der Waals surface area contributed by atoms with Gasteiger partial charge in [-0.2, -0.15) is 0 Å². The number of rotatable bonds is 7. The number of hydrogen-bond donors (Lipinski definition) is 2.